The molecule has 0 aromatic carbocycles. The molecular formula is C21H34N2. The number of rotatable bonds is 8. The van der Waals surface area contributed by atoms with E-state index in [0.717, 1.165) is 19.5 Å². The summed E-state index contributed by atoms with van der Waals surface area (Å²) in [5.41, 5.74) is 3.26. The third kappa shape index (κ3) is 4.31. The van der Waals surface area contributed by atoms with Crippen molar-refractivity contribution in [1.29, 1.82) is 0 Å². The Kier molecular flexibility index (Phi) is 6.15. The molecule has 0 fully saturated rings. The first kappa shape index (κ1) is 17.9. The third-order valence-electron chi connectivity index (χ3n) is 6.09. The fraction of sp³-hybridized carbons (Fsp3) is 0.619. The van der Waals surface area contributed by atoms with E-state index in [1.54, 1.807) is 0 Å². The van der Waals surface area contributed by atoms with Gasteiger partial charge in [0.1, 0.15) is 0 Å². The maximum absolute atomic E-state index is 3.49. The number of hydrogen-bond acceptors (Lipinski definition) is 2. The number of allylic oxidation sites excluding steroid dienone is 6. The van der Waals surface area contributed by atoms with Crippen molar-refractivity contribution in [1.82, 2.24) is 10.6 Å². The van der Waals surface area contributed by atoms with Gasteiger partial charge in [-0.2, -0.15) is 0 Å². The van der Waals surface area contributed by atoms with Crippen molar-refractivity contribution in [3.05, 3.63) is 47.9 Å². The summed E-state index contributed by atoms with van der Waals surface area (Å²) in [6.07, 6.45) is 21.2. The quantitative estimate of drug-likeness (QED) is 0.584. The van der Waals surface area contributed by atoms with Crippen LogP contribution in [-0.4, -0.2) is 6.67 Å². The molecular weight excluding hydrogens is 280 g/mol. The highest BCUT2D eigenvalue weighted by Crippen LogP contribution is 2.36. The summed E-state index contributed by atoms with van der Waals surface area (Å²) in [6, 6.07) is 0. The summed E-state index contributed by atoms with van der Waals surface area (Å²) >= 11 is 0. The molecule has 0 saturated carbocycles. The van der Waals surface area contributed by atoms with Crippen LogP contribution in [0.5, 0.6) is 0 Å². The maximum atomic E-state index is 3.49. The molecule has 0 aromatic rings. The van der Waals surface area contributed by atoms with E-state index in [2.05, 4.69) is 74.8 Å². The highest BCUT2D eigenvalue weighted by molar-refractivity contribution is 5.27. The Labute approximate surface area is 142 Å². The van der Waals surface area contributed by atoms with Gasteiger partial charge in [0.2, 0.25) is 0 Å². The number of hydrogen-bond donors (Lipinski definition) is 2. The van der Waals surface area contributed by atoms with Gasteiger partial charge in [0.15, 0.2) is 0 Å². The Balaban J connectivity index is 1.77. The normalized spacial score (nSPS) is 21.6. The minimum Gasteiger partial charge on any atom is -0.368 e. The van der Waals surface area contributed by atoms with Gasteiger partial charge >= 0.3 is 0 Å². The molecule has 2 aliphatic carbocycles. The van der Waals surface area contributed by atoms with Crippen molar-refractivity contribution >= 4 is 0 Å². The second kappa shape index (κ2) is 7.90. The Hall–Kier alpha value is -1.44. The van der Waals surface area contributed by atoms with Crippen molar-refractivity contribution in [2.75, 3.05) is 6.67 Å². The van der Waals surface area contributed by atoms with E-state index in [1.807, 2.05) is 0 Å². The van der Waals surface area contributed by atoms with E-state index < -0.39 is 0 Å². The zero-order valence-electron chi connectivity index (χ0n) is 15.4. The van der Waals surface area contributed by atoms with Crippen molar-refractivity contribution < 1.29 is 0 Å². The maximum Gasteiger partial charge on any atom is 0.0849 e. The molecule has 0 spiro atoms. The lowest BCUT2D eigenvalue weighted by molar-refractivity contribution is 0.350. The van der Waals surface area contributed by atoms with Crippen LogP contribution in [0.4, 0.5) is 0 Å². The molecule has 2 nitrogen and oxygen atoms in total. The Morgan fingerprint density at radius 1 is 0.739 bits per heavy atom. The third-order valence-corrected chi connectivity index (χ3v) is 6.09. The Morgan fingerprint density at radius 2 is 1.13 bits per heavy atom. The van der Waals surface area contributed by atoms with Gasteiger partial charge in [-0.25, -0.2) is 0 Å². The topological polar surface area (TPSA) is 24.1 Å². The summed E-state index contributed by atoms with van der Waals surface area (Å²) in [5.74, 6) is 0. The van der Waals surface area contributed by atoms with E-state index in [9.17, 15) is 0 Å². The van der Waals surface area contributed by atoms with Crippen LogP contribution in [0.15, 0.2) is 47.9 Å². The van der Waals surface area contributed by atoms with Gasteiger partial charge in [-0.1, -0.05) is 52.0 Å². The highest BCUT2D eigenvalue weighted by Gasteiger charge is 2.24. The second-order valence-electron chi connectivity index (χ2n) is 7.06. The van der Waals surface area contributed by atoms with E-state index in [1.165, 1.54) is 37.1 Å². The van der Waals surface area contributed by atoms with Gasteiger partial charge in [0.05, 0.1) is 6.67 Å². The standard InChI is InChI=1S/C21H34N2/c1-5-20(6-2)13-9-18(10-14-20)22-17-23-19-11-15-21(7-3,8-4)16-12-19/h9-13,15,22-23H,5-8,14,16-17H2,1-4H3. The fourth-order valence-corrected chi connectivity index (χ4v) is 3.49. The van der Waals surface area contributed by atoms with Gasteiger partial charge in [0.25, 0.3) is 0 Å². The smallest absolute Gasteiger partial charge is 0.0849 e. The zero-order valence-corrected chi connectivity index (χ0v) is 15.4. The van der Waals surface area contributed by atoms with Gasteiger partial charge in [0, 0.05) is 11.4 Å². The van der Waals surface area contributed by atoms with Crippen molar-refractivity contribution in [2.24, 2.45) is 10.8 Å². The van der Waals surface area contributed by atoms with Gasteiger partial charge in [-0.15, -0.1) is 0 Å². The molecule has 0 bridgehead atoms. The van der Waals surface area contributed by atoms with Crippen molar-refractivity contribution in [3.8, 4) is 0 Å². The molecule has 0 aromatic heterocycles. The van der Waals surface area contributed by atoms with Crippen molar-refractivity contribution in [3.63, 3.8) is 0 Å². The molecule has 2 N–H and O–H groups in total. The van der Waals surface area contributed by atoms with Gasteiger partial charge in [-0.3, -0.25) is 0 Å². The lowest BCUT2D eigenvalue weighted by Crippen LogP contribution is -2.30. The predicted octanol–water partition coefficient (Wildman–Crippen LogP) is 5.42. The second-order valence-corrected chi connectivity index (χ2v) is 7.06. The first-order valence-electron chi connectivity index (χ1n) is 9.37. The van der Waals surface area contributed by atoms with Gasteiger partial charge in [-0.05, 0) is 61.5 Å². The monoisotopic (exact) mass is 314 g/mol. The van der Waals surface area contributed by atoms with Crippen LogP contribution in [-0.2, 0) is 0 Å². The predicted molar refractivity (Wildman–Crippen MR) is 101 cm³/mol. The van der Waals surface area contributed by atoms with Crippen LogP contribution in [0.1, 0.15) is 66.2 Å². The molecule has 0 heterocycles. The first-order valence-corrected chi connectivity index (χ1v) is 9.37. The van der Waals surface area contributed by atoms with Crippen molar-refractivity contribution in [2.45, 2.75) is 66.2 Å². The molecule has 23 heavy (non-hydrogen) atoms. The summed E-state index contributed by atoms with van der Waals surface area (Å²) < 4.78 is 0. The Bertz CT molecular complexity index is 454. The lowest BCUT2D eigenvalue weighted by atomic mass is 9.76. The molecule has 0 unspecified atom stereocenters. The minimum absolute atomic E-state index is 0.386. The molecule has 2 heteroatoms. The molecule has 0 aliphatic heterocycles. The molecule has 0 saturated heterocycles. The van der Waals surface area contributed by atoms with Crippen LogP contribution in [0.25, 0.3) is 0 Å². The SMILES string of the molecule is CCC1(CC)C=CC(NCNC2=CCC(CC)(CC)C=C2)=CC1. The molecule has 0 atom stereocenters. The van der Waals surface area contributed by atoms with Crippen LogP contribution in [0.3, 0.4) is 0 Å². The van der Waals surface area contributed by atoms with E-state index in [4.69, 9.17) is 0 Å². The molecule has 0 amide bonds. The lowest BCUT2D eigenvalue weighted by Gasteiger charge is -2.31. The Morgan fingerprint density at radius 3 is 1.39 bits per heavy atom. The average Bonchev–Trinajstić information content (AvgIpc) is 2.63. The van der Waals surface area contributed by atoms with E-state index in [0.29, 0.717) is 10.8 Å². The van der Waals surface area contributed by atoms with E-state index in [-0.39, 0.29) is 0 Å². The zero-order chi connectivity index (χ0) is 16.8. The summed E-state index contributed by atoms with van der Waals surface area (Å²) in [6.45, 7) is 9.93. The minimum atomic E-state index is 0.386. The van der Waals surface area contributed by atoms with Crippen LogP contribution in [0, 0.1) is 10.8 Å². The molecule has 128 valence electrons. The first-order chi connectivity index (χ1) is 11.1. The number of nitrogens with one attached hydrogen (secondary N) is 2. The largest absolute Gasteiger partial charge is 0.368 e. The summed E-state index contributed by atoms with van der Waals surface area (Å²) in [7, 11) is 0. The summed E-state index contributed by atoms with van der Waals surface area (Å²) in [4.78, 5) is 0. The molecule has 2 aliphatic rings. The van der Waals surface area contributed by atoms with Crippen LogP contribution >= 0.6 is 0 Å². The summed E-state index contributed by atoms with van der Waals surface area (Å²) in [5, 5.41) is 6.98. The highest BCUT2D eigenvalue weighted by atomic mass is 15.1. The average molecular weight is 315 g/mol. The molecule has 0 radical (unpaired) electrons. The van der Waals surface area contributed by atoms with Gasteiger partial charge < -0.3 is 10.6 Å². The van der Waals surface area contributed by atoms with Crippen LogP contribution in [0.2, 0.25) is 0 Å². The fourth-order valence-electron chi connectivity index (χ4n) is 3.49. The molecule has 2 rings (SSSR count). The van der Waals surface area contributed by atoms with Crippen LogP contribution < -0.4 is 10.6 Å². The van der Waals surface area contributed by atoms with E-state index >= 15 is 0 Å².